The van der Waals surface area contributed by atoms with Crippen molar-refractivity contribution < 1.29 is 0 Å². The van der Waals surface area contributed by atoms with Gasteiger partial charge in [0.15, 0.2) is 5.16 Å². The van der Waals surface area contributed by atoms with Crippen LogP contribution < -0.4 is 5.32 Å². The highest BCUT2D eigenvalue weighted by molar-refractivity contribution is 7.98. The van der Waals surface area contributed by atoms with Gasteiger partial charge < -0.3 is 5.32 Å². The van der Waals surface area contributed by atoms with Gasteiger partial charge in [0.2, 0.25) is 10.7 Å². The maximum absolute atomic E-state index is 5.26. The van der Waals surface area contributed by atoms with Crippen molar-refractivity contribution in [2.24, 2.45) is 0 Å². The summed E-state index contributed by atoms with van der Waals surface area (Å²) < 4.78 is 2.54. The normalized spacial score (nSPS) is 13.1. The van der Waals surface area contributed by atoms with Crippen LogP contribution in [0, 0.1) is 4.77 Å². The second-order valence-electron chi connectivity index (χ2n) is 3.97. The smallest absolute Gasteiger partial charge is 0.207 e. The summed E-state index contributed by atoms with van der Waals surface area (Å²) in [7, 11) is 0. The Bertz CT molecular complexity index is 609. The number of nitrogens with zero attached hydrogens (tertiary/aromatic N) is 3. The Balaban J connectivity index is 1.78. The van der Waals surface area contributed by atoms with E-state index in [9.17, 15) is 0 Å². The molecule has 0 unspecified atom stereocenters. The van der Waals surface area contributed by atoms with Crippen LogP contribution in [-0.4, -0.2) is 21.1 Å². The van der Waals surface area contributed by atoms with E-state index in [0.717, 1.165) is 29.9 Å². The Kier molecular flexibility index (Phi) is 3.29. The molecule has 4 nitrogen and oxygen atoms in total. The van der Waals surface area contributed by atoms with Gasteiger partial charge >= 0.3 is 0 Å². The molecule has 0 radical (unpaired) electrons. The van der Waals surface area contributed by atoms with Crippen molar-refractivity contribution in [3.05, 3.63) is 40.7 Å². The zero-order valence-corrected chi connectivity index (χ0v) is 11.3. The SMILES string of the molecule is S=c1nc(SCc2ccccc2)nc2n1CCN2. The molecule has 0 aliphatic carbocycles. The van der Waals surface area contributed by atoms with Crippen molar-refractivity contribution in [3.8, 4) is 0 Å². The van der Waals surface area contributed by atoms with Gasteiger partial charge in [-0.25, -0.2) is 0 Å². The molecule has 0 bridgehead atoms. The fourth-order valence-electron chi connectivity index (χ4n) is 1.81. The van der Waals surface area contributed by atoms with Gasteiger partial charge in [-0.05, 0) is 17.8 Å². The second-order valence-corrected chi connectivity index (χ2v) is 5.27. The lowest BCUT2D eigenvalue weighted by molar-refractivity contribution is 0.721. The highest BCUT2D eigenvalue weighted by Gasteiger charge is 2.13. The van der Waals surface area contributed by atoms with E-state index in [1.807, 2.05) is 22.8 Å². The Morgan fingerprint density at radius 1 is 1.28 bits per heavy atom. The van der Waals surface area contributed by atoms with E-state index in [-0.39, 0.29) is 0 Å². The molecule has 6 heteroatoms. The molecule has 1 aliphatic heterocycles. The van der Waals surface area contributed by atoms with Crippen LogP contribution >= 0.6 is 24.0 Å². The van der Waals surface area contributed by atoms with Crippen LogP contribution in [0.1, 0.15) is 5.56 Å². The van der Waals surface area contributed by atoms with Crippen LogP contribution in [0.5, 0.6) is 0 Å². The van der Waals surface area contributed by atoms with Gasteiger partial charge in [0.25, 0.3) is 0 Å². The molecule has 1 aromatic heterocycles. The molecule has 2 aromatic rings. The second kappa shape index (κ2) is 5.07. The third kappa shape index (κ3) is 2.39. The van der Waals surface area contributed by atoms with Crippen molar-refractivity contribution in [1.82, 2.24) is 14.5 Å². The lowest BCUT2D eigenvalue weighted by Gasteiger charge is -2.05. The molecule has 0 fully saturated rings. The first-order chi connectivity index (χ1) is 8.83. The van der Waals surface area contributed by atoms with E-state index in [0.29, 0.717) is 4.77 Å². The van der Waals surface area contributed by atoms with E-state index >= 15 is 0 Å². The Morgan fingerprint density at radius 2 is 2.11 bits per heavy atom. The standard InChI is InChI=1S/C12H12N4S2/c17-12-15-11(14-10-13-6-7-16(10)12)18-8-9-4-2-1-3-5-9/h1-5H,6-8H2,(H,13,14,15,17). The third-order valence-corrected chi connectivity index (χ3v) is 3.94. The van der Waals surface area contributed by atoms with Crippen molar-refractivity contribution >= 4 is 29.9 Å². The zero-order valence-electron chi connectivity index (χ0n) is 9.67. The summed E-state index contributed by atoms with van der Waals surface area (Å²) in [5, 5.41) is 3.95. The van der Waals surface area contributed by atoms with E-state index in [4.69, 9.17) is 12.2 Å². The largest absolute Gasteiger partial charge is 0.354 e. The first kappa shape index (κ1) is 11.7. The number of hydrogen-bond acceptors (Lipinski definition) is 5. The topological polar surface area (TPSA) is 42.7 Å². The molecule has 0 amide bonds. The molecular formula is C12H12N4S2. The lowest BCUT2D eigenvalue weighted by Crippen LogP contribution is -2.02. The van der Waals surface area contributed by atoms with Crippen LogP contribution in [0.25, 0.3) is 0 Å². The van der Waals surface area contributed by atoms with Crippen molar-refractivity contribution in [3.63, 3.8) is 0 Å². The van der Waals surface area contributed by atoms with Gasteiger partial charge in [-0.2, -0.15) is 9.97 Å². The van der Waals surface area contributed by atoms with E-state index in [2.05, 4.69) is 27.4 Å². The highest BCUT2D eigenvalue weighted by atomic mass is 32.2. The van der Waals surface area contributed by atoms with E-state index in [1.54, 1.807) is 11.8 Å². The average Bonchev–Trinajstić information content (AvgIpc) is 2.86. The fraction of sp³-hybridized carbons (Fsp3) is 0.250. The minimum absolute atomic E-state index is 0.612. The van der Waals surface area contributed by atoms with Gasteiger partial charge in [-0.3, -0.25) is 4.57 Å². The molecular weight excluding hydrogens is 264 g/mol. The molecule has 2 heterocycles. The Morgan fingerprint density at radius 3 is 2.94 bits per heavy atom. The monoisotopic (exact) mass is 276 g/mol. The van der Waals surface area contributed by atoms with Gasteiger partial charge in [-0.1, -0.05) is 42.1 Å². The molecule has 92 valence electrons. The third-order valence-electron chi connectivity index (χ3n) is 2.71. The van der Waals surface area contributed by atoms with Gasteiger partial charge in [-0.15, -0.1) is 0 Å². The number of hydrogen-bond donors (Lipinski definition) is 1. The molecule has 18 heavy (non-hydrogen) atoms. The Hall–Kier alpha value is -1.40. The molecule has 0 saturated heterocycles. The minimum atomic E-state index is 0.612. The van der Waals surface area contributed by atoms with Gasteiger partial charge in [0, 0.05) is 18.8 Å². The van der Waals surface area contributed by atoms with Crippen LogP contribution in [0.3, 0.4) is 0 Å². The van der Waals surface area contributed by atoms with Crippen LogP contribution in [0.2, 0.25) is 0 Å². The van der Waals surface area contributed by atoms with E-state index in [1.165, 1.54) is 5.56 Å². The number of rotatable bonds is 3. The summed E-state index contributed by atoms with van der Waals surface area (Å²) in [5.74, 6) is 1.70. The maximum atomic E-state index is 5.26. The summed E-state index contributed by atoms with van der Waals surface area (Å²) in [4.78, 5) is 8.82. The van der Waals surface area contributed by atoms with Crippen molar-refractivity contribution in [2.45, 2.75) is 17.5 Å². The summed E-state index contributed by atoms with van der Waals surface area (Å²) in [6.45, 7) is 1.74. The first-order valence-electron chi connectivity index (χ1n) is 5.72. The summed E-state index contributed by atoms with van der Waals surface area (Å²) >= 11 is 6.87. The van der Waals surface area contributed by atoms with Crippen LogP contribution in [0.4, 0.5) is 5.95 Å². The zero-order chi connectivity index (χ0) is 12.4. The molecule has 1 aliphatic rings. The van der Waals surface area contributed by atoms with Crippen molar-refractivity contribution in [1.29, 1.82) is 0 Å². The average molecular weight is 276 g/mol. The maximum Gasteiger partial charge on any atom is 0.207 e. The first-order valence-corrected chi connectivity index (χ1v) is 7.12. The van der Waals surface area contributed by atoms with E-state index < -0.39 is 0 Å². The molecule has 3 rings (SSSR count). The number of fused-ring (bicyclic) bond motifs is 1. The number of nitrogens with one attached hydrogen (secondary N) is 1. The number of anilines is 1. The Labute approximate surface area is 114 Å². The molecule has 0 saturated carbocycles. The highest BCUT2D eigenvalue weighted by Crippen LogP contribution is 2.21. The number of thioether (sulfide) groups is 1. The molecule has 1 N–H and O–H groups in total. The fourth-order valence-corrected chi connectivity index (χ4v) is 2.92. The van der Waals surface area contributed by atoms with Crippen LogP contribution in [0.15, 0.2) is 35.5 Å². The number of benzene rings is 1. The predicted molar refractivity (Wildman–Crippen MR) is 75.3 cm³/mol. The minimum Gasteiger partial charge on any atom is -0.354 e. The molecule has 0 atom stereocenters. The van der Waals surface area contributed by atoms with Gasteiger partial charge in [0.05, 0.1) is 0 Å². The number of aromatic nitrogens is 3. The summed E-state index contributed by atoms with van der Waals surface area (Å²) in [6, 6.07) is 10.3. The molecule has 0 spiro atoms. The van der Waals surface area contributed by atoms with Crippen LogP contribution in [-0.2, 0) is 12.3 Å². The quantitative estimate of drug-likeness (QED) is 0.689. The molecule has 1 aromatic carbocycles. The lowest BCUT2D eigenvalue weighted by atomic mass is 10.2. The summed E-state index contributed by atoms with van der Waals surface area (Å²) in [6.07, 6.45) is 0. The predicted octanol–water partition coefficient (Wildman–Crippen LogP) is 2.73. The van der Waals surface area contributed by atoms with Gasteiger partial charge in [0.1, 0.15) is 0 Å². The van der Waals surface area contributed by atoms with Crippen molar-refractivity contribution in [2.75, 3.05) is 11.9 Å². The summed E-state index contributed by atoms with van der Waals surface area (Å²) in [5.41, 5.74) is 1.26.